The highest BCUT2D eigenvalue weighted by Gasteiger charge is 2.34. The van der Waals surface area contributed by atoms with Crippen LogP contribution >= 0.6 is 0 Å². The van der Waals surface area contributed by atoms with Crippen molar-refractivity contribution in [2.75, 3.05) is 0 Å². The van der Waals surface area contributed by atoms with Crippen LogP contribution in [0.4, 0.5) is 0 Å². The summed E-state index contributed by atoms with van der Waals surface area (Å²) in [5.41, 5.74) is 0. The molecular formula is C11H15N3O. The van der Waals surface area contributed by atoms with Crippen LogP contribution in [0.1, 0.15) is 25.7 Å². The zero-order valence-electron chi connectivity index (χ0n) is 8.60. The number of fused-ring (bicyclic) bond motifs is 2. The summed E-state index contributed by atoms with van der Waals surface area (Å²) in [6, 6.07) is 1.32. The van der Waals surface area contributed by atoms with Crippen molar-refractivity contribution in [2.24, 2.45) is 0 Å². The fourth-order valence-corrected chi connectivity index (χ4v) is 2.62. The monoisotopic (exact) mass is 205 g/mol. The Morgan fingerprint density at radius 2 is 2.00 bits per heavy atom. The molecular weight excluding hydrogens is 190 g/mol. The standard InChI is InChI=1S/C11H15N3O/c1-2-9-6-10(5-8(1)14-9)15-11-7-12-3-4-13-11/h3-4,7-10,14H,1-2,5-6H2/t8-,9+,10?. The van der Waals surface area contributed by atoms with E-state index in [2.05, 4.69) is 15.3 Å². The van der Waals surface area contributed by atoms with E-state index in [1.54, 1.807) is 18.6 Å². The number of nitrogens with zero attached hydrogens (tertiary/aromatic N) is 2. The summed E-state index contributed by atoms with van der Waals surface area (Å²) in [5, 5.41) is 3.59. The first-order valence-electron chi connectivity index (χ1n) is 5.59. The second-order valence-corrected chi connectivity index (χ2v) is 4.39. The van der Waals surface area contributed by atoms with E-state index >= 15 is 0 Å². The van der Waals surface area contributed by atoms with Crippen LogP contribution in [0.5, 0.6) is 5.88 Å². The first kappa shape index (κ1) is 9.09. The maximum absolute atomic E-state index is 5.82. The highest BCUT2D eigenvalue weighted by Crippen LogP contribution is 2.28. The molecule has 1 N–H and O–H groups in total. The number of hydrogen-bond donors (Lipinski definition) is 1. The SMILES string of the molecule is c1cnc(OC2C[C@H]3CC[C@@H](C2)N3)cn1. The molecule has 2 saturated heterocycles. The third kappa shape index (κ3) is 1.95. The minimum atomic E-state index is 0.320. The molecule has 3 atom stereocenters. The molecule has 2 bridgehead atoms. The maximum Gasteiger partial charge on any atom is 0.232 e. The molecule has 80 valence electrons. The van der Waals surface area contributed by atoms with E-state index in [1.165, 1.54) is 12.8 Å². The van der Waals surface area contributed by atoms with Gasteiger partial charge in [0.25, 0.3) is 0 Å². The van der Waals surface area contributed by atoms with Gasteiger partial charge in [-0.25, -0.2) is 4.98 Å². The molecule has 4 heteroatoms. The first-order valence-corrected chi connectivity index (χ1v) is 5.59. The zero-order valence-corrected chi connectivity index (χ0v) is 8.60. The summed E-state index contributed by atoms with van der Waals surface area (Å²) in [4.78, 5) is 8.14. The molecule has 1 aromatic rings. The van der Waals surface area contributed by atoms with Gasteiger partial charge in [0.2, 0.25) is 5.88 Å². The second kappa shape index (κ2) is 3.77. The van der Waals surface area contributed by atoms with Crippen LogP contribution in [-0.2, 0) is 0 Å². The predicted molar refractivity (Wildman–Crippen MR) is 55.6 cm³/mol. The summed E-state index contributed by atoms with van der Waals surface area (Å²) in [6.07, 6.45) is 10.1. The Balaban J connectivity index is 1.65. The van der Waals surface area contributed by atoms with Gasteiger partial charge in [-0.3, -0.25) is 4.98 Å². The number of nitrogens with one attached hydrogen (secondary N) is 1. The first-order chi connectivity index (χ1) is 7.40. The van der Waals surface area contributed by atoms with Crippen molar-refractivity contribution < 1.29 is 4.74 Å². The molecule has 0 amide bonds. The molecule has 3 heterocycles. The van der Waals surface area contributed by atoms with Crippen LogP contribution in [0.15, 0.2) is 18.6 Å². The van der Waals surface area contributed by atoms with Gasteiger partial charge in [0.15, 0.2) is 0 Å². The Labute approximate surface area is 89.1 Å². The van der Waals surface area contributed by atoms with Crippen molar-refractivity contribution >= 4 is 0 Å². The Bertz CT molecular complexity index is 318. The van der Waals surface area contributed by atoms with Crippen LogP contribution in [0.25, 0.3) is 0 Å². The van der Waals surface area contributed by atoms with E-state index in [4.69, 9.17) is 4.74 Å². The molecule has 1 unspecified atom stereocenters. The van der Waals surface area contributed by atoms with Gasteiger partial charge in [0, 0.05) is 24.5 Å². The molecule has 0 saturated carbocycles. The normalized spacial score (nSPS) is 34.0. The topological polar surface area (TPSA) is 47.0 Å². The smallest absolute Gasteiger partial charge is 0.232 e. The van der Waals surface area contributed by atoms with Crippen molar-refractivity contribution in [1.29, 1.82) is 0 Å². The van der Waals surface area contributed by atoms with Gasteiger partial charge in [-0.2, -0.15) is 0 Å². The Morgan fingerprint density at radius 3 is 2.67 bits per heavy atom. The largest absolute Gasteiger partial charge is 0.473 e. The van der Waals surface area contributed by atoms with Crippen LogP contribution in [-0.4, -0.2) is 28.2 Å². The summed E-state index contributed by atoms with van der Waals surface area (Å²) in [5.74, 6) is 0.656. The number of aromatic nitrogens is 2. The Kier molecular flexibility index (Phi) is 2.29. The molecule has 2 aliphatic rings. The van der Waals surface area contributed by atoms with Gasteiger partial charge in [-0.05, 0) is 25.7 Å². The number of hydrogen-bond acceptors (Lipinski definition) is 4. The maximum atomic E-state index is 5.82. The molecule has 0 aromatic carbocycles. The zero-order chi connectivity index (χ0) is 10.1. The van der Waals surface area contributed by atoms with Gasteiger partial charge in [0.1, 0.15) is 6.10 Å². The third-order valence-corrected chi connectivity index (χ3v) is 3.26. The van der Waals surface area contributed by atoms with E-state index in [0.717, 1.165) is 12.8 Å². The quantitative estimate of drug-likeness (QED) is 0.786. The molecule has 15 heavy (non-hydrogen) atoms. The highest BCUT2D eigenvalue weighted by atomic mass is 16.5. The van der Waals surface area contributed by atoms with Gasteiger partial charge in [-0.15, -0.1) is 0 Å². The number of ether oxygens (including phenoxy) is 1. The van der Waals surface area contributed by atoms with Crippen LogP contribution in [0.2, 0.25) is 0 Å². The van der Waals surface area contributed by atoms with Gasteiger partial charge >= 0.3 is 0 Å². The van der Waals surface area contributed by atoms with E-state index in [1.807, 2.05) is 0 Å². The van der Waals surface area contributed by atoms with E-state index in [9.17, 15) is 0 Å². The molecule has 0 radical (unpaired) electrons. The van der Waals surface area contributed by atoms with Crippen LogP contribution in [0.3, 0.4) is 0 Å². The summed E-state index contributed by atoms with van der Waals surface area (Å²) >= 11 is 0. The molecule has 2 fully saturated rings. The summed E-state index contributed by atoms with van der Waals surface area (Å²) < 4.78 is 5.82. The minimum absolute atomic E-state index is 0.320. The van der Waals surface area contributed by atoms with E-state index in [-0.39, 0.29) is 0 Å². The lowest BCUT2D eigenvalue weighted by Gasteiger charge is -2.28. The molecule has 1 aromatic heterocycles. The van der Waals surface area contributed by atoms with Crippen molar-refractivity contribution in [3.05, 3.63) is 18.6 Å². The highest BCUT2D eigenvalue weighted by molar-refractivity contribution is 5.04. The molecule has 4 nitrogen and oxygen atoms in total. The van der Waals surface area contributed by atoms with Gasteiger partial charge < -0.3 is 10.1 Å². The Morgan fingerprint density at radius 1 is 1.20 bits per heavy atom. The fraction of sp³-hybridized carbons (Fsp3) is 0.636. The minimum Gasteiger partial charge on any atom is -0.473 e. The molecule has 0 spiro atoms. The summed E-state index contributed by atoms with van der Waals surface area (Å²) in [7, 11) is 0. The third-order valence-electron chi connectivity index (χ3n) is 3.26. The van der Waals surface area contributed by atoms with Crippen molar-refractivity contribution in [2.45, 2.75) is 43.9 Å². The Hall–Kier alpha value is -1.16. The average Bonchev–Trinajstić information content (AvgIpc) is 2.60. The van der Waals surface area contributed by atoms with Crippen molar-refractivity contribution in [3.63, 3.8) is 0 Å². The number of piperidine rings is 1. The molecule has 2 aliphatic heterocycles. The lowest BCUT2D eigenvalue weighted by atomic mass is 10.0. The van der Waals surface area contributed by atoms with Crippen molar-refractivity contribution in [3.8, 4) is 5.88 Å². The average molecular weight is 205 g/mol. The lowest BCUT2D eigenvalue weighted by molar-refractivity contribution is 0.131. The molecule has 3 rings (SSSR count). The predicted octanol–water partition coefficient (Wildman–Crippen LogP) is 1.14. The van der Waals surface area contributed by atoms with Crippen LogP contribution in [0, 0.1) is 0 Å². The number of rotatable bonds is 2. The lowest BCUT2D eigenvalue weighted by Crippen LogP contribution is -2.42. The molecule has 0 aliphatic carbocycles. The van der Waals surface area contributed by atoms with E-state index < -0.39 is 0 Å². The van der Waals surface area contributed by atoms with Gasteiger partial charge in [-0.1, -0.05) is 0 Å². The second-order valence-electron chi connectivity index (χ2n) is 4.39. The summed E-state index contributed by atoms with van der Waals surface area (Å²) in [6.45, 7) is 0. The van der Waals surface area contributed by atoms with Gasteiger partial charge in [0.05, 0.1) is 6.20 Å². The van der Waals surface area contributed by atoms with Crippen molar-refractivity contribution in [1.82, 2.24) is 15.3 Å². The van der Waals surface area contributed by atoms with E-state index in [0.29, 0.717) is 24.1 Å². The fourth-order valence-electron chi connectivity index (χ4n) is 2.62. The van der Waals surface area contributed by atoms with Crippen LogP contribution < -0.4 is 10.1 Å².